The Balaban J connectivity index is 1.54. The summed E-state index contributed by atoms with van der Waals surface area (Å²) in [5, 5.41) is 3.61. The van der Waals surface area contributed by atoms with Gasteiger partial charge in [-0.15, -0.1) is 0 Å². The van der Waals surface area contributed by atoms with E-state index in [9.17, 15) is 9.18 Å². The quantitative estimate of drug-likeness (QED) is 0.669. The molecule has 2 heterocycles. The van der Waals surface area contributed by atoms with Crippen molar-refractivity contribution in [3.63, 3.8) is 0 Å². The van der Waals surface area contributed by atoms with Crippen molar-refractivity contribution in [2.75, 3.05) is 40.0 Å². The largest absolute Gasteiger partial charge is 0.497 e. The van der Waals surface area contributed by atoms with E-state index in [-0.39, 0.29) is 23.5 Å². The van der Waals surface area contributed by atoms with Gasteiger partial charge in [0, 0.05) is 30.6 Å². The van der Waals surface area contributed by atoms with Gasteiger partial charge in [-0.05, 0) is 42.8 Å². The monoisotopic (exact) mass is 412 g/mol. The van der Waals surface area contributed by atoms with Crippen LogP contribution in [0.4, 0.5) is 4.39 Å². The van der Waals surface area contributed by atoms with Gasteiger partial charge in [-0.3, -0.25) is 9.69 Å². The van der Waals surface area contributed by atoms with E-state index in [1.807, 2.05) is 24.3 Å². The Morgan fingerprint density at radius 3 is 2.63 bits per heavy atom. The molecule has 0 saturated carbocycles. The number of carbonyl (C=O) groups excluding carboxylic acids is 1. The number of methoxy groups -OCH3 is 1. The summed E-state index contributed by atoms with van der Waals surface area (Å²) >= 11 is 0. The molecule has 1 amide bonds. The maximum atomic E-state index is 13.6. The fraction of sp³-hybridized carbons (Fsp3) is 0.348. The first kappa shape index (κ1) is 20.4. The van der Waals surface area contributed by atoms with E-state index in [4.69, 9.17) is 13.9 Å². The van der Waals surface area contributed by atoms with Crippen molar-refractivity contribution in [1.82, 2.24) is 10.2 Å². The van der Waals surface area contributed by atoms with Crippen LogP contribution in [0.5, 0.6) is 5.75 Å². The summed E-state index contributed by atoms with van der Waals surface area (Å²) in [5.41, 5.74) is 2.22. The Labute approximate surface area is 174 Å². The average molecular weight is 412 g/mol. The number of nitrogens with zero attached hydrogens (tertiary/aromatic N) is 1. The SMILES string of the molecule is COc1ccc([C@H](CNC(=O)c2oc3ccc(F)cc3c2C)N2CCOCC2)cc1. The van der Waals surface area contributed by atoms with Crippen LogP contribution in [0, 0.1) is 12.7 Å². The molecule has 0 spiro atoms. The number of rotatable bonds is 6. The van der Waals surface area contributed by atoms with Gasteiger partial charge in [0.05, 0.1) is 26.4 Å². The first-order chi connectivity index (χ1) is 14.6. The van der Waals surface area contributed by atoms with E-state index in [0.717, 1.165) is 24.4 Å². The summed E-state index contributed by atoms with van der Waals surface area (Å²) in [6.07, 6.45) is 0. The van der Waals surface area contributed by atoms with E-state index >= 15 is 0 Å². The number of furan rings is 1. The molecule has 0 radical (unpaired) electrons. The van der Waals surface area contributed by atoms with Crippen molar-refractivity contribution in [3.05, 3.63) is 65.2 Å². The molecule has 1 saturated heterocycles. The number of halogens is 1. The van der Waals surface area contributed by atoms with Gasteiger partial charge in [0.2, 0.25) is 0 Å². The zero-order valence-electron chi connectivity index (χ0n) is 17.1. The van der Waals surface area contributed by atoms with Crippen LogP contribution in [0.1, 0.15) is 27.7 Å². The number of carbonyl (C=O) groups is 1. The van der Waals surface area contributed by atoms with Crippen molar-refractivity contribution in [3.8, 4) is 5.75 Å². The van der Waals surface area contributed by atoms with Crippen molar-refractivity contribution in [2.45, 2.75) is 13.0 Å². The molecule has 1 aliphatic rings. The Kier molecular flexibility index (Phi) is 6.01. The zero-order chi connectivity index (χ0) is 21.1. The van der Waals surface area contributed by atoms with Crippen LogP contribution in [0.25, 0.3) is 11.0 Å². The first-order valence-corrected chi connectivity index (χ1v) is 9.99. The van der Waals surface area contributed by atoms with Crippen molar-refractivity contribution in [2.24, 2.45) is 0 Å². The third kappa shape index (κ3) is 4.17. The molecule has 0 bridgehead atoms. The molecule has 158 valence electrons. The van der Waals surface area contributed by atoms with Gasteiger partial charge in [0.25, 0.3) is 5.91 Å². The molecule has 1 aromatic heterocycles. The summed E-state index contributed by atoms with van der Waals surface area (Å²) in [5.74, 6) is 0.334. The van der Waals surface area contributed by atoms with Gasteiger partial charge < -0.3 is 19.2 Å². The molecule has 4 rings (SSSR count). The summed E-state index contributed by atoms with van der Waals surface area (Å²) in [4.78, 5) is 15.2. The molecular formula is C23H25FN2O4. The molecular weight excluding hydrogens is 387 g/mol. The summed E-state index contributed by atoms with van der Waals surface area (Å²) in [7, 11) is 1.64. The minimum Gasteiger partial charge on any atom is -0.497 e. The number of ether oxygens (including phenoxy) is 2. The highest BCUT2D eigenvalue weighted by atomic mass is 19.1. The molecule has 1 N–H and O–H groups in total. The molecule has 1 aliphatic heterocycles. The maximum absolute atomic E-state index is 13.6. The third-order valence-electron chi connectivity index (χ3n) is 5.55. The van der Waals surface area contributed by atoms with Crippen LogP contribution in [0.2, 0.25) is 0 Å². The van der Waals surface area contributed by atoms with E-state index in [0.29, 0.717) is 36.3 Å². The lowest BCUT2D eigenvalue weighted by Crippen LogP contribution is -2.43. The summed E-state index contributed by atoms with van der Waals surface area (Å²) < 4.78 is 30.0. The number of morpholine rings is 1. The van der Waals surface area contributed by atoms with Gasteiger partial charge in [0.1, 0.15) is 17.1 Å². The lowest BCUT2D eigenvalue weighted by atomic mass is 10.0. The Morgan fingerprint density at radius 1 is 1.20 bits per heavy atom. The van der Waals surface area contributed by atoms with Gasteiger partial charge in [-0.1, -0.05) is 12.1 Å². The predicted molar refractivity (Wildman–Crippen MR) is 111 cm³/mol. The van der Waals surface area contributed by atoms with Crippen LogP contribution < -0.4 is 10.1 Å². The molecule has 2 aromatic carbocycles. The number of amides is 1. The number of nitrogens with one attached hydrogen (secondary N) is 1. The molecule has 30 heavy (non-hydrogen) atoms. The predicted octanol–water partition coefficient (Wildman–Crippen LogP) is 3.69. The van der Waals surface area contributed by atoms with E-state index in [1.165, 1.54) is 12.1 Å². The summed E-state index contributed by atoms with van der Waals surface area (Å²) in [6.45, 7) is 5.08. The second-order valence-electron chi connectivity index (χ2n) is 7.34. The van der Waals surface area contributed by atoms with E-state index in [2.05, 4.69) is 10.2 Å². The van der Waals surface area contributed by atoms with Crippen LogP contribution in [-0.4, -0.2) is 50.8 Å². The molecule has 1 fully saturated rings. The van der Waals surface area contributed by atoms with Crippen molar-refractivity contribution < 1.29 is 23.1 Å². The highest BCUT2D eigenvalue weighted by molar-refractivity contribution is 5.98. The Hall–Kier alpha value is -2.90. The number of hydrogen-bond acceptors (Lipinski definition) is 5. The van der Waals surface area contributed by atoms with Crippen molar-refractivity contribution in [1.29, 1.82) is 0 Å². The molecule has 0 unspecified atom stereocenters. The number of aryl methyl sites for hydroxylation is 1. The van der Waals surface area contributed by atoms with Gasteiger partial charge in [0.15, 0.2) is 5.76 Å². The van der Waals surface area contributed by atoms with Gasteiger partial charge in [-0.2, -0.15) is 0 Å². The lowest BCUT2D eigenvalue weighted by Gasteiger charge is -2.35. The Bertz CT molecular complexity index is 1030. The fourth-order valence-corrected chi connectivity index (χ4v) is 3.85. The minimum atomic E-state index is -0.356. The second kappa shape index (κ2) is 8.85. The minimum absolute atomic E-state index is 0.00844. The number of fused-ring (bicyclic) bond motifs is 1. The average Bonchev–Trinajstić information content (AvgIpc) is 3.11. The molecule has 1 atom stereocenters. The maximum Gasteiger partial charge on any atom is 0.287 e. The lowest BCUT2D eigenvalue weighted by molar-refractivity contribution is 0.0161. The molecule has 6 nitrogen and oxygen atoms in total. The Morgan fingerprint density at radius 2 is 1.93 bits per heavy atom. The standard InChI is InChI=1S/C23H25FN2O4/c1-15-19-13-17(24)5-8-21(19)30-22(15)23(27)25-14-20(26-9-11-29-12-10-26)16-3-6-18(28-2)7-4-16/h3-8,13,20H,9-12,14H2,1-2H3,(H,25,27)/t20-/m0/s1. The molecule has 3 aromatic rings. The van der Waals surface area contributed by atoms with Crippen LogP contribution in [-0.2, 0) is 4.74 Å². The topological polar surface area (TPSA) is 63.9 Å². The zero-order valence-corrected chi connectivity index (χ0v) is 17.1. The molecule has 0 aliphatic carbocycles. The highest BCUT2D eigenvalue weighted by Crippen LogP contribution is 2.27. The highest BCUT2D eigenvalue weighted by Gasteiger charge is 2.25. The van der Waals surface area contributed by atoms with Crippen LogP contribution in [0.15, 0.2) is 46.9 Å². The number of hydrogen-bond donors (Lipinski definition) is 1. The number of benzene rings is 2. The normalized spacial score (nSPS) is 15.8. The summed E-state index contributed by atoms with van der Waals surface area (Å²) in [6, 6.07) is 12.1. The smallest absolute Gasteiger partial charge is 0.287 e. The van der Waals surface area contributed by atoms with Crippen LogP contribution in [0.3, 0.4) is 0 Å². The van der Waals surface area contributed by atoms with E-state index < -0.39 is 0 Å². The van der Waals surface area contributed by atoms with E-state index in [1.54, 1.807) is 20.1 Å². The van der Waals surface area contributed by atoms with Gasteiger partial charge >= 0.3 is 0 Å². The first-order valence-electron chi connectivity index (χ1n) is 9.99. The van der Waals surface area contributed by atoms with Crippen molar-refractivity contribution >= 4 is 16.9 Å². The van der Waals surface area contributed by atoms with Gasteiger partial charge in [-0.25, -0.2) is 4.39 Å². The van der Waals surface area contributed by atoms with Crippen LogP contribution >= 0.6 is 0 Å². The second-order valence-corrected chi connectivity index (χ2v) is 7.34. The molecule has 7 heteroatoms. The third-order valence-corrected chi connectivity index (χ3v) is 5.55. The fourth-order valence-electron chi connectivity index (χ4n) is 3.85.